The third kappa shape index (κ3) is 3.87. The molecular weight excluding hydrogens is 274 g/mol. The average Bonchev–Trinajstić information content (AvgIpc) is 2.96. The van der Waals surface area contributed by atoms with Crippen LogP contribution in [0, 0.1) is 0 Å². The molecule has 0 saturated carbocycles. The Hall–Kier alpha value is -1.39. The molecule has 2 aliphatic rings. The SMILES string of the molecule is CC1CC(NC(=O)C2CCCN2Cc2ccccc2)CCN1. The van der Waals surface area contributed by atoms with E-state index in [1.165, 1.54) is 5.56 Å². The van der Waals surface area contributed by atoms with E-state index < -0.39 is 0 Å². The first kappa shape index (κ1) is 15.5. The number of likely N-dealkylation sites (tertiary alicyclic amines) is 1. The predicted molar refractivity (Wildman–Crippen MR) is 88.5 cm³/mol. The number of rotatable bonds is 4. The van der Waals surface area contributed by atoms with Crippen LogP contribution in [-0.2, 0) is 11.3 Å². The van der Waals surface area contributed by atoms with Crippen molar-refractivity contribution in [1.82, 2.24) is 15.5 Å². The standard InChI is InChI=1S/C18H27N3O/c1-14-12-16(9-10-19-14)20-18(22)17-8-5-11-21(17)13-15-6-3-2-4-7-15/h2-4,6-7,14,16-17,19H,5,8-13H2,1H3,(H,20,22). The lowest BCUT2D eigenvalue weighted by Gasteiger charge is -2.31. The molecule has 1 aromatic carbocycles. The largest absolute Gasteiger partial charge is 0.352 e. The molecule has 0 bridgehead atoms. The third-order valence-electron chi connectivity index (χ3n) is 4.86. The van der Waals surface area contributed by atoms with Crippen LogP contribution in [0.5, 0.6) is 0 Å². The lowest BCUT2D eigenvalue weighted by molar-refractivity contribution is -0.126. The third-order valence-corrected chi connectivity index (χ3v) is 4.86. The van der Waals surface area contributed by atoms with E-state index in [2.05, 4.69) is 46.7 Å². The number of benzene rings is 1. The lowest BCUT2D eigenvalue weighted by Crippen LogP contribution is -2.51. The number of hydrogen-bond donors (Lipinski definition) is 2. The van der Waals surface area contributed by atoms with Crippen LogP contribution >= 0.6 is 0 Å². The van der Waals surface area contributed by atoms with Gasteiger partial charge in [0.15, 0.2) is 0 Å². The van der Waals surface area contributed by atoms with Crippen LogP contribution in [0.1, 0.15) is 38.2 Å². The summed E-state index contributed by atoms with van der Waals surface area (Å²) in [4.78, 5) is 15.0. The number of piperidine rings is 1. The van der Waals surface area contributed by atoms with Crippen LogP contribution < -0.4 is 10.6 Å². The summed E-state index contributed by atoms with van der Waals surface area (Å²) in [5.41, 5.74) is 1.29. The molecule has 1 amide bonds. The van der Waals surface area contributed by atoms with Gasteiger partial charge in [-0.15, -0.1) is 0 Å². The van der Waals surface area contributed by atoms with Gasteiger partial charge < -0.3 is 10.6 Å². The van der Waals surface area contributed by atoms with Gasteiger partial charge in [0.05, 0.1) is 6.04 Å². The van der Waals surface area contributed by atoms with E-state index in [4.69, 9.17) is 0 Å². The van der Waals surface area contributed by atoms with Crippen LogP contribution in [0.4, 0.5) is 0 Å². The number of hydrogen-bond acceptors (Lipinski definition) is 3. The van der Waals surface area contributed by atoms with Crippen LogP contribution in [0.25, 0.3) is 0 Å². The Labute approximate surface area is 133 Å². The fourth-order valence-electron chi connectivity index (χ4n) is 3.69. The summed E-state index contributed by atoms with van der Waals surface area (Å²) < 4.78 is 0. The number of nitrogens with zero attached hydrogens (tertiary/aromatic N) is 1. The Morgan fingerprint density at radius 2 is 2.14 bits per heavy atom. The summed E-state index contributed by atoms with van der Waals surface area (Å²) in [5, 5.41) is 6.72. The van der Waals surface area contributed by atoms with Crippen molar-refractivity contribution in [3.63, 3.8) is 0 Å². The van der Waals surface area contributed by atoms with E-state index in [0.717, 1.165) is 45.3 Å². The fraction of sp³-hybridized carbons (Fsp3) is 0.611. The lowest BCUT2D eigenvalue weighted by atomic mass is 10.00. The zero-order chi connectivity index (χ0) is 15.4. The quantitative estimate of drug-likeness (QED) is 0.893. The van der Waals surface area contributed by atoms with E-state index in [-0.39, 0.29) is 11.9 Å². The van der Waals surface area contributed by atoms with Crippen LogP contribution in [0.15, 0.2) is 30.3 Å². The molecule has 2 N–H and O–H groups in total. The van der Waals surface area contributed by atoms with Gasteiger partial charge in [0, 0.05) is 18.6 Å². The molecule has 0 spiro atoms. The Kier molecular flexibility index (Phi) is 5.11. The number of carbonyl (C=O) groups excluding carboxylic acids is 1. The highest BCUT2D eigenvalue weighted by atomic mass is 16.2. The number of nitrogens with one attached hydrogen (secondary N) is 2. The molecule has 3 atom stereocenters. The Morgan fingerprint density at radius 1 is 1.32 bits per heavy atom. The molecule has 2 fully saturated rings. The van der Waals surface area contributed by atoms with Gasteiger partial charge in [0.2, 0.25) is 5.91 Å². The van der Waals surface area contributed by atoms with Crippen LogP contribution in [0.3, 0.4) is 0 Å². The van der Waals surface area contributed by atoms with E-state index >= 15 is 0 Å². The molecular formula is C18H27N3O. The van der Waals surface area contributed by atoms with Crippen LogP contribution in [0.2, 0.25) is 0 Å². The van der Waals surface area contributed by atoms with Gasteiger partial charge in [-0.3, -0.25) is 9.69 Å². The Morgan fingerprint density at radius 3 is 2.91 bits per heavy atom. The van der Waals surface area contributed by atoms with Gasteiger partial charge in [-0.05, 0) is 51.3 Å². The summed E-state index contributed by atoms with van der Waals surface area (Å²) in [6, 6.07) is 11.3. The van der Waals surface area contributed by atoms with Crippen molar-refractivity contribution in [2.75, 3.05) is 13.1 Å². The summed E-state index contributed by atoms with van der Waals surface area (Å²) in [6.45, 7) is 5.09. The summed E-state index contributed by atoms with van der Waals surface area (Å²) >= 11 is 0. The van der Waals surface area contributed by atoms with Crippen LogP contribution in [-0.4, -0.2) is 42.0 Å². The maximum absolute atomic E-state index is 12.6. The molecule has 3 unspecified atom stereocenters. The maximum Gasteiger partial charge on any atom is 0.237 e. The van der Waals surface area contributed by atoms with Gasteiger partial charge >= 0.3 is 0 Å². The van der Waals surface area contributed by atoms with E-state index in [9.17, 15) is 4.79 Å². The molecule has 0 radical (unpaired) electrons. The minimum atomic E-state index is 0.0467. The first-order chi connectivity index (χ1) is 10.7. The molecule has 2 saturated heterocycles. The van der Waals surface area contributed by atoms with Gasteiger partial charge in [-0.1, -0.05) is 30.3 Å². The number of amides is 1. The van der Waals surface area contributed by atoms with Crippen molar-refractivity contribution in [2.24, 2.45) is 0 Å². The summed E-state index contributed by atoms with van der Waals surface area (Å²) in [5.74, 6) is 0.229. The average molecular weight is 301 g/mol. The van der Waals surface area contributed by atoms with Crippen molar-refractivity contribution < 1.29 is 4.79 Å². The fourth-order valence-corrected chi connectivity index (χ4v) is 3.69. The van der Waals surface area contributed by atoms with E-state index in [1.807, 2.05) is 6.07 Å². The Bertz CT molecular complexity index is 490. The van der Waals surface area contributed by atoms with E-state index in [0.29, 0.717) is 12.1 Å². The van der Waals surface area contributed by atoms with Crippen molar-refractivity contribution in [3.05, 3.63) is 35.9 Å². The van der Waals surface area contributed by atoms with Crippen molar-refractivity contribution in [1.29, 1.82) is 0 Å². The molecule has 3 rings (SSSR count). The molecule has 1 aromatic rings. The highest BCUT2D eigenvalue weighted by Gasteiger charge is 2.32. The first-order valence-electron chi connectivity index (χ1n) is 8.54. The summed E-state index contributed by atoms with van der Waals surface area (Å²) in [7, 11) is 0. The second kappa shape index (κ2) is 7.25. The molecule has 4 heteroatoms. The monoisotopic (exact) mass is 301 g/mol. The van der Waals surface area contributed by atoms with Gasteiger partial charge in [-0.2, -0.15) is 0 Å². The highest BCUT2D eigenvalue weighted by Crippen LogP contribution is 2.21. The molecule has 4 nitrogen and oxygen atoms in total. The molecule has 2 heterocycles. The van der Waals surface area contributed by atoms with Crippen molar-refractivity contribution in [3.8, 4) is 0 Å². The second-order valence-electron chi connectivity index (χ2n) is 6.70. The molecule has 0 aliphatic carbocycles. The smallest absolute Gasteiger partial charge is 0.237 e. The molecule has 22 heavy (non-hydrogen) atoms. The molecule has 0 aromatic heterocycles. The minimum absolute atomic E-state index is 0.0467. The van der Waals surface area contributed by atoms with Gasteiger partial charge in [0.1, 0.15) is 0 Å². The predicted octanol–water partition coefficient (Wildman–Crippen LogP) is 1.91. The highest BCUT2D eigenvalue weighted by molar-refractivity contribution is 5.82. The molecule has 120 valence electrons. The normalized spacial score (nSPS) is 29.4. The zero-order valence-electron chi connectivity index (χ0n) is 13.4. The first-order valence-corrected chi connectivity index (χ1v) is 8.54. The van der Waals surface area contributed by atoms with Crippen molar-refractivity contribution >= 4 is 5.91 Å². The van der Waals surface area contributed by atoms with Crippen molar-refractivity contribution in [2.45, 2.75) is 57.3 Å². The van der Waals surface area contributed by atoms with Gasteiger partial charge in [-0.25, -0.2) is 0 Å². The zero-order valence-corrected chi connectivity index (χ0v) is 13.4. The van der Waals surface area contributed by atoms with E-state index in [1.54, 1.807) is 0 Å². The minimum Gasteiger partial charge on any atom is -0.352 e. The number of carbonyl (C=O) groups is 1. The Balaban J connectivity index is 1.56. The molecule has 2 aliphatic heterocycles. The topological polar surface area (TPSA) is 44.4 Å². The van der Waals surface area contributed by atoms with Gasteiger partial charge in [0.25, 0.3) is 0 Å². The summed E-state index contributed by atoms with van der Waals surface area (Å²) in [6.07, 6.45) is 4.19. The maximum atomic E-state index is 12.6. The second-order valence-corrected chi connectivity index (χ2v) is 6.70.